The lowest BCUT2D eigenvalue weighted by molar-refractivity contribution is 0.475. The molecule has 1 aliphatic heterocycles. The van der Waals surface area contributed by atoms with Crippen molar-refractivity contribution >= 4 is 45.6 Å². The maximum Gasteiger partial charge on any atom is 0.174 e. The van der Waals surface area contributed by atoms with Crippen LogP contribution < -0.4 is 10.2 Å². The summed E-state index contributed by atoms with van der Waals surface area (Å²) in [5.41, 5.74) is 5.36. The van der Waals surface area contributed by atoms with E-state index >= 15 is 0 Å². The van der Waals surface area contributed by atoms with Crippen molar-refractivity contribution < 1.29 is 5.11 Å². The van der Waals surface area contributed by atoms with Crippen LogP contribution in [0.2, 0.25) is 0 Å². The van der Waals surface area contributed by atoms with E-state index in [1.54, 1.807) is 18.3 Å². The molecule has 3 aromatic rings. The van der Waals surface area contributed by atoms with Crippen molar-refractivity contribution in [2.45, 2.75) is 25.9 Å². The number of benzene rings is 1. The van der Waals surface area contributed by atoms with Crippen LogP contribution >= 0.6 is 34.8 Å². The molecular weight excluding hydrogens is 471 g/mol. The predicted molar refractivity (Wildman–Crippen MR) is 119 cm³/mol. The van der Waals surface area contributed by atoms with Crippen LogP contribution in [0.4, 0.5) is 5.69 Å². The minimum Gasteiger partial charge on any atom is -0.508 e. The molecule has 1 aromatic carbocycles. The average molecular weight is 490 g/mol. The maximum absolute atomic E-state index is 9.69. The minimum atomic E-state index is -0.0741. The van der Waals surface area contributed by atoms with Crippen molar-refractivity contribution in [3.05, 3.63) is 74.9 Å². The van der Waals surface area contributed by atoms with Gasteiger partial charge in [0.1, 0.15) is 5.75 Å². The van der Waals surface area contributed by atoms with Crippen LogP contribution in [-0.4, -0.2) is 20.2 Å². The highest BCUT2D eigenvalue weighted by Crippen LogP contribution is 2.44. The Morgan fingerprint density at radius 1 is 1.11 bits per heavy atom. The zero-order valence-corrected chi connectivity index (χ0v) is 17.9. The lowest BCUT2D eigenvalue weighted by Crippen LogP contribution is -2.29. The number of thiocarbonyl (C=S) groups is 1. The second kappa shape index (κ2) is 7.12. The molecule has 1 aliphatic rings. The monoisotopic (exact) mass is 490 g/mol. The number of halogens is 1. The molecule has 0 amide bonds. The third kappa shape index (κ3) is 3.19. The van der Waals surface area contributed by atoms with E-state index in [0.29, 0.717) is 5.11 Å². The number of phenols is 1. The van der Waals surface area contributed by atoms with E-state index in [1.807, 2.05) is 30.3 Å². The van der Waals surface area contributed by atoms with Crippen LogP contribution in [0.15, 0.2) is 48.7 Å². The summed E-state index contributed by atoms with van der Waals surface area (Å²) in [4.78, 5) is 10.1. The smallest absolute Gasteiger partial charge is 0.174 e. The highest BCUT2D eigenvalue weighted by atomic mass is 127. The topological polar surface area (TPSA) is 64.2 Å². The molecule has 7 heteroatoms. The first-order chi connectivity index (χ1) is 13.0. The highest BCUT2D eigenvalue weighted by molar-refractivity contribution is 14.1. The summed E-state index contributed by atoms with van der Waals surface area (Å²) < 4.78 is 1.20. The molecule has 3 N–H and O–H groups in total. The number of aromatic nitrogens is 2. The first kappa shape index (κ1) is 18.2. The number of aromatic amines is 1. The Balaban J connectivity index is 1.89. The molecular formula is C20H19IN4OS. The molecule has 0 radical (unpaired) electrons. The molecule has 0 aliphatic carbocycles. The fourth-order valence-corrected chi connectivity index (χ4v) is 4.87. The van der Waals surface area contributed by atoms with Crippen molar-refractivity contribution in [3.63, 3.8) is 0 Å². The van der Waals surface area contributed by atoms with Crippen LogP contribution in [0.25, 0.3) is 0 Å². The summed E-state index contributed by atoms with van der Waals surface area (Å²) in [6, 6.07) is 13.0. The Kier molecular flexibility index (Phi) is 4.81. The fourth-order valence-electron chi connectivity index (χ4n) is 3.66. The summed E-state index contributed by atoms with van der Waals surface area (Å²) in [6.07, 6.45) is 1.81. The molecule has 1 fully saturated rings. The first-order valence-electron chi connectivity index (χ1n) is 8.61. The first-order valence-corrected chi connectivity index (χ1v) is 10.1. The number of phenolic OH excluding ortho intramolecular Hbond substituents is 1. The quantitative estimate of drug-likeness (QED) is 0.373. The van der Waals surface area contributed by atoms with Crippen LogP contribution in [-0.2, 0) is 0 Å². The predicted octanol–water partition coefficient (Wildman–Crippen LogP) is 4.51. The van der Waals surface area contributed by atoms with E-state index in [4.69, 9.17) is 12.2 Å². The molecule has 0 saturated carbocycles. The molecule has 2 unspecified atom stereocenters. The Hall–Kier alpha value is -2.13. The van der Waals surface area contributed by atoms with E-state index in [1.165, 1.54) is 9.13 Å². The van der Waals surface area contributed by atoms with Gasteiger partial charge in [-0.15, -0.1) is 0 Å². The van der Waals surface area contributed by atoms with Crippen LogP contribution in [0.3, 0.4) is 0 Å². The molecule has 138 valence electrons. The van der Waals surface area contributed by atoms with Gasteiger partial charge in [0, 0.05) is 32.4 Å². The van der Waals surface area contributed by atoms with Crippen LogP contribution in [0.1, 0.15) is 34.7 Å². The van der Waals surface area contributed by atoms with E-state index in [0.717, 1.165) is 22.8 Å². The highest BCUT2D eigenvalue weighted by Gasteiger charge is 2.42. The standard InChI is InChI=1S/C20H19IN4OS/c1-11-16(17(21)12(2)23-11)19-18(15-5-3-4-10-22-15)24-20(27)25(19)13-6-8-14(26)9-7-13/h3-10,18-19,23,26H,1-2H3,(H,24,27). The molecule has 3 heterocycles. The molecule has 4 rings (SSSR count). The minimum absolute atomic E-state index is 0.0474. The number of nitrogens with one attached hydrogen (secondary N) is 2. The summed E-state index contributed by atoms with van der Waals surface area (Å²) in [5.74, 6) is 0.234. The van der Waals surface area contributed by atoms with Gasteiger partial charge in [-0.25, -0.2) is 0 Å². The number of pyridine rings is 1. The Morgan fingerprint density at radius 2 is 1.85 bits per heavy atom. The van der Waals surface area contributed by atoms with Crippen molar-refractivity contribution in [3.8, 4) is 5.75 Å². The number of aryl methyl sites for hydroxylation is 2. The van der Waals surface area contributed by atoms with Gasteiger partial charge in [0.25, 0.3) is 0 Å². The van der Waals surface area contributed by atoms with Gasteiger partial charge in [0.15, 0.2) is 5.11 Å². The second-order valence-electron chi connectivity index (χ2n) is 6.62. The Labute approximate surface area is 177 Å². The number of aromatic hydroxyl groups is 1. The third-order valence-corrected chi connectivity index (χ3v) is 6.57. The summed E-state index contributed by atoms with van der Waals surface area (Å²) >= 11 is 8.11. The van der Waals surface area contributed by atoms with Gasteiger partial charge < -0.3 is 20.3 Å². The number of nitrogens with zero attached hydrogens (tertiary/aromatic N) is 2. The maximum atomic E-state index is 9.69. The summed E-state index contributed by atoms with van der Waals surface area (Å²) in [5, 5.41) is 13.8. The van der Waals surface area contributed by atoms with Gasteiger partial charge in [-0.1, -0.05) is 6.07 Å². The molecule has 2 aromatic heterocycles. The van der Waals surface area contributed by atoms with Crippen molar-refractivity contribution in [2.75, 3.05) is 4.90 Å². The lowest BCUT2D eigenvalue weighted by atomic mass is 9.96. The van der Waals surface area contributed by atoms with Gasteiger partial charge in [-0.3, -0.25) is 4.98 Å². The van der Waals surface area contributed by atoms with Crippen molar-refractivity contribution in [2.24, 2.45) is 0 Å². The third-order valence-electron chi connectivity index (χ3n) is 4.87. The molecule has 5 nitrogen and oxygen atoms in total. The SMILES string of the molecule is Cc1[nH]c(C)c(C2C(c3ccccn3)NC(=S)N2c2ccc(O)cc2)c1I. The normalized spacial score (nSPS) is 19.4. The van der Waals surface area contributed by atoms with E-state index in [2.05, 4.69) is 56.6 Å². The zero-order chi connectivity index (χ0) is 19.1. The van der Waals surface area contributed by atoms with Gasteiger partial charge >= 0.3 is 0 Å². The van der Waals surface area contributed by atoms with Gasteiger partial charge in [-0.2, -0.15) is 0 Å². The van der Waals surface area contributed by atoms with Gasteiger partial charge in [0.2, 0.25) is 0 Å². The largest absolute Gasteiger partial charge is 0.508 e. The molecule has 27 heavy (non-hydrogen) atoms. The van der Waals surface area contributed by atoms with E-state index in [-0.39, 0.29) is 17.8 Å². The van der Waals surface area contributed by atoms with Gasteiger partial charge in [0.05, 0.1) is 17.8 Å². The second-order valence-corrected chi connectivity index (χ2v) is 8.08. The zero-order valence-electron chi connectivity index (χ0n) is 14.9. The van der Waals surface area contributed by atoms with Crippen molar-refractivity contribution in [1.82, 2.24) is 15.3 Å². The number of H-pyrrole nitrogens is 1. The summed E-state index contributed by atoms with van der Waals surface area (Å²) in [7, 11) is 0. The van der Waals surface area contributed by atoms with Crippen LogP contribution in [0, 0.1) is 17.4 Å². The Morgan fingerprint density at radius 3 is 2.44 bits per heavy atom. The molecule has 0 spiro atoms. The number of anilines is 1. The van der Waals surface area contributed by atoms with Crippen molar-refractivity contribution in [1.29, 1.82) is 0 Å². The molecule has 0 bridgehead atoms. The Bertz CT molecular complexity index is 987. The fraction of sp³-hybridized carbons (Fsp3) is 0.200. The van der Waals surface area contributed by atoms with Gasteiger partial charge in [-0.05, 0) is 85.1 Å². The molecule has 1 saturated heterocycles. The van der Waals surface area contributed by atoms with E-state index < -0.39 is 0 Å². The lowest BCUT2D eigenvalue weighted by Gasteiger charge is -2.28. The average Bonchev–Trinajstić information content (AvgIpc) is 3.12. The summed E-state index contributed by atoms with van der Waals surface area (Å²) in [6.45, 7) is 4.18. The van der Waals surface area contributed by atoms with Crippen LogP contribution in [0.5, 0.6) is 5.75 Å². The number of rotatable bonds is 3. The number of hydrogen-bond donors (Lipinski definition) is 3. The molecule has 2 atom stereocenters. The number of hydrogen-bond acceptors (Lipinski definition) is 3. The van der Waals surface area contributed by atoms with E-state index in [9.17, 15) is 5.11 Å².